The molecule has 0 aromatic heterocycles. The molecule has 4 atom stereocenters. The quantitative estimate of drug-likeness (QED) is 0.160. The summed E-state index contributed by atoms with van der Waals surface area (Å²) in [4.78, 5) is 11.3. The van der Waals surface area contributed by atoms with E-state index in [1.165, 1.54) is 0 Å². The van der Waals surface area contributed by atoms with Crippen LogP contribution in [0.3, 0.4) is 0 Å². The molecular formula is C16H31N3O5S. The van der Waals surface area contributed by atoms with Gasteiger partial charge in [-0.15, -0.1) is 0 Å². The molecule has 0 bridgehead atoms. The van der Waals surface area contributed by atoms with Gasteiger partial charge in [0.2, 0.25) is 0 Å². The highest BCUT2D eigenvalue weighted by Gasteiger charge is 2.42. The molecule has 2 amide bonds. The van der Waals surface area contributed by atoms with E-state index in [9.17, 15) is 9.90 Å². The van der Waals surface area contributed by atoms with E-state index in [1.807, 2.05) is 11.8 Å². The molecule has 2 rings (SSSR count). The fourth-order valence-electron chi connectivity index (χ4n) is 3.11. The number of carbonyl (C=O) groups is 1. The van der Waals surface area contributed by atoms with Gasteiger partial charge in [0.1, 0.15) is 6.23 Å². The number of ether oxygens (including phenoxy) is 2. The van der Waals surface area contributed by atoms with Gasteiger partial charge in [-0.05, 0) is 19.3 Å². The minimum absolute atomic E-state index is 0.0277. The molecule has 0 aliphatic carbocycles. The summed E-state index contributed by atoms with van der Waals surface area (Å²) < 4.78 is 10.4. The largest absolute Gasteiger partial charge is 0.394 e. The van der Waals surface area contributed by atoms with Crippen molar-refractivity contribution in [2.24, 2.45) is 0 Å². The molecule has 0 spiro atoms. The van der Waals surface area contributed by atoms with E-state index in [4.69, 9.17) is 14.6 Å². The number of hydrogen-bond donors (Lipinski definition) is 5. The molecule has 0 radical (unpaired) electrons. The third-order valence-electron chi connectivity index (χ3n) is 4.39. The second-order valence-electron chi connectivity index (χ2n) is 6.32. The lowest BCUT2D eigenvalue weighted by Crippen LogP contribution is -2.36. The van der Waals surface area contributed by atoms with Gasteiger partial charge in [0.25, 0.3) is 0 Å². The fourth-order valence-corrected chi connectivity index (χ4v) is 4.66. The number of unbranched alkanes of at least 4 members (excludes halogenated alkanes) is 1. The van der Waals surface area contributed by atoms with E-state index >= 15 is 0 Å². The number of thioether (sulfide) groups is 1. The minimum atomic E-state index is -0.508. The van der Waals surface area contributed by atoms with Crippen molar-refractivity contribution in [2.75, 3.05) is 45.3 Å². The van der Waals surface area contributed by atoms with Crippen LogP contribution in [-0.2, 0) is 9.47 Å². The SMILES string of the molecule is O=C1NC2CSC(CCCCC(O)NCCOCCOCCO)C2N1. The van der Waals surface area contributed by atoms with Crippen LogP contribution in [0.1, 0.15) is 25.7 Å². The summed E-state index contributed by atoms with van der Waals surface area (Å²) >= 11 is 1.93. The van der Waals surface area contributed by atoms with Crippen molar-refractivity contribution in [1.29, 1.82) is 0 Å². The zero-order chi connectivity index (χ0) is 17.9. The van der Waals surface area contributed by atoms with Crippen molar-refractivity contribution in [2.45, 2.75) is 49.2 Å². The molecule has 8 nitrogen and oxygen atoms in total. The van der Waals surface area contributed by atoms with Crippen LogP contribution in [0.4, 0.5) is 4.79 Å². The van der Waals surface area contributed by atoms with Crippen molar-refractivity contribution >= 4 is 17.8 Å². The lowest BCUT2D eigenvalue weighted by molar-refractivity contribution is 0.0295. The highest BCUT2D eigenvalue weighted by Crippen LogP contribution is 2.33. The second-order valence-corrected chi connectivity index (χ2v) is 7.60. The Morgan fingerprint density at radius 1 is 1.20 bits per heavy atom. The number of nitrogens with one attached hydrogen (secondary N) is 3. The van der Waals surface area contributed by atoms with Gasteiger partial charge in [0.15, 0.2) is 0 Å². The number of hydrogen-bond acceptors (Lipinski definition) is 7. The number of urea groups is 1. The molecule has 2 fully saturated rings. The molecule has 4 unspecified atom stereocenters. The summed E-state index contributed by atoms with van der Waals surface area (Å²) in [7, 11) is 0. The van der Waals surface area contributed by atoms with Gasteiger partial charge in [-0.1, -0.05) is 6.42 Å². The average Bonchev–Trinajstić information content (AvgIpc) is 3.13. The van der Waals surface area contributed by atoms with Crippen molar-refractivity contribution in [1.82, 2.24) is 16.0 Å². The Balaban J connectivity index is 1.40. The summed E-state index contributed by atoms with van der Waals surface area (Å²) in [6.07, 6.45) is 3.28. The standard InChI is InChI=1S/C16H31N3O5S/c20-6-8-24-10-9-23-7-5-17-14(21)4-2-1-3-13-15-12(11-25-13)18-16(22)19-15/h12-15,17,20-21H,1-11H2,(H2,18,19,22). The van der Waals surface area contributed by atoms with Crippen LogP contribution >= 0.6 is 11.8 Å². The number of carbonyl (C=O) groups excluding carboxylic acids is 1. The molecule has 0 aromatic carbocycles. The van der Waals surface area contributed by atoms with Gasteiger partial charge in [0.05, 0.1) is 45.1 Å². The Kier molecular flexibility index (Phi) is 9.89. The number of aliphatic hydroxyl groups is 2. The van der Waals surface area contributed by atoms with Crippen LogP contribution in [0.2, 0.25) is 0 Å². The predicted octanol–water partition coefficient (Wildman–Crippen LogP) is -0.354. The Morgan fingerprint density at radius 3 is 2.80 bits per heavy atom. The average molecular weight is 378 g/mol. The normalized spacial score (nSPS) is 26.3. The summed E-state index contributed by atoms with van der Waals surface area (Å²) in [5.41, 5.74) is 0. The topological polar surface area (TPSA) is 112 Å². The fraction of sp³-hybridized carbons (Fsp3) is 0.938. The highest BCUT2D eigenvalue weighted by molar-refractivity contribution is 8.00. The zero-order valence-electron chi connectivity index (χ0n) is 14.6. The second kappa shape index (κ2) is 11.9. The van der Waals surface area contributed by atoms with Crippen molar-refractivity contribution in [3.8, 4) is 0 Å². The number of aliphatic hydroxyl groups excluding tert-OH is 2. The maximum absolute atomic E-state index is 11.3. The zero-order valence-corrected chi connectivity index (χ0v) is 15.4. The van der Waals surface area contributed by atoms with E-state index in [2.05, 4.69) is 16.0 Å². The molecule has 25 heavy (non-hydrogen) atoms. The molecule has 2 aliphatic rings. The van der Waals surface area contributed by atoms with Crippen LogP contribution in [0.25, 0.3) is 0 Å². The van der Waals surface area contributed by atoms with Crippen molar-refractivity contribution in [3.05, 3.63) is 0 Å². The summed E-state index contributed by atoms with van der Waals surface area (Å²) in [6, 6.07) is 0.505. The Bertz CT molecular complexity index is 391. The lowest BCUT2D eigenvalue weighted by atomic mass is 10.0. The maximum atomic E-state index is 11.3. The van der Waals surface area contributed by atoms with Gasteiger partial charge in [0, 0.05) is 17.5 Å². The first kappa shape index (κ1) is 20.7. The first-order chi connectivity index (χ1) is 12.2. The van der Waals surface area contributed by atoms with Crippen molar-refractivity contribution < 1.29 is 24.5 Å². The minimum Gasteiger partial charge on any atom is -0.394 e. The number of fused-ring (bicyclic) bond motifs is 1. The van der Waals surface area contributed by atoms with Gasteiger partial charge in [-0.3, -0.25) is 5.32 Å². The molecular weight excluding hydrogens is 346 g/mol. The van der Waals surface area contributed by atoms with E-state index in [0.29, 0.717) is 38.2 Å². The Morgan fingerprint density at radius 2 is 2.00 bits per heavy atom. The monoisotopic (exact) mass is 377 g/mol. The molecule has 0 saturated carbocycles. The van der Waals surface area contributed by atoms with Gasteiger partial charge in [-0.2, -0.15) is 11.8 Å². The smallest absolute Gasteiger partial charge is 0.315 e. The van der Waals surface area contributed by atoms with E-state index in [0.717, 1.165) is 31.4 Å². The number of rotatable bonds is 14. The summed E-state index contributed by atoms with van der Waals surface area (Å²) in [5.74, 6) is 0.989. The van der Waals surface area contributed by atoms with Gasteiger partial charge in [-0.25, -0.2) is 4.79 Å². The maximum Gasteiger partial charge on any atom is 0.315 e. The van der Waals surface area contributed by atoms with Crippen LogP contribution in [0.5, 0.6) is 0 Å². The first-order valence-corrected chi connectivity index (χ1v) is 10.1. The van der Waals surface area contributed by atoms with Crippen LogP contribution in [-0.4, -0.2) is 85.1 Å². The lowest BCUT2D eigenvalue weighted by Gasteiger charge is -2.17. The molecule has 5 N–H and O–H groups in total. The van der Waals surface area contributed by atoms with E-state index in [-0.39, 0.29) is 24.7 Å². The first-order valence-electron chi connectivity index (χ1n) is 9.07. The molecule has 0 aromatic rings. The Labute approximate surface area is 153 Å². The molecule has 2 saturated heterocycles. The summed E-state index contributed by atoms with van der Waals surface area (Å²) in [5, 5.41) is 27.9. The predicted molar refractivity (Wildman–Crippen MR) is 96.7 cm³/mol. The van der Waals surface area contributed by atoms with Gasteiger partial charge < -0.3 is 30.3 Å². The Hall–Kier alpha value is -0.580. The third-order valence-corrected chi connectivity index (χ3v) is 5.90. The number of amides is 2. The van der Waals surface area contributed by atoms with E-state index in [1.54, 1.807) is 0 Å². The van der Waals surface area contributed by atoms with Crippen molar-refractivity contribution in [3.63, 3.8) is 0 Å². The molecule has 9 heteroatoms. The molecule has 146 valence electrons. The van der Waals surface area contributed by atoms with Crippen LogP contribution in [0, 0.1) is 0 Å². The summed E-state index contributed by atoms with van der Waals surface area (Å²) in [6.45, 7) is 2.45. The van der Waals surface area contributed by atoms with E-state index < -0.39 is 6.23 Å². The van der Waals surface area contributed by atoms with Gasteiger partial charge >= 0.3 is 6.03 Å². The molecule has 2 heterocycles. The third kappa shape index (κ3) is 7.67. The highest BCUT2D eigenvalue weighted by atomic mass is 32.2. The molecule has 2 aliphatic heterocycles. The van der Waals surface area contributed by atoms with Crippen LogP contribution in [0.15, 0.2) is 0 Å². The van der Waals surface area contributed by atoms with Crippen LogP contribution < -0.4 is 16.0 Å².